The van der Waals surface area contributed by atoms with Crippen LogP contribution in [0.5, 0.6) is 11.5 Å². The highest BCUT2D eigenvalue weighted by molar-refractivity contribution is 8.05. The van der Waals surface area contributed by atoms with E-state index in [1.165, 1.54) is 48.5 Å². The molecule has 200 valence electrons. The number of non-ortho nitro benzene ring substituents is 2. The summed E-state index contributed by atoms with van der Waals surface area (Å²) in [5.41, 5.74) is -0.169. The number of hydrogen-bond acceptors (Lipinski definition) is 12. The van der Waals surface area contributed by atoms with E-state index in [-0.39, 0.29) is 36.1 Å². The number of benzene rings is 2. The molecule has 0 aliphatic carbocycles. The first-order valence-electron chi connectivity index (χ1n) is 9.87. The van der Waals surface area contributed by atoms with Gasteiger partial charge in [0, 0.05) is 60.0 Å². The number of nitro benzene ring substituents is 2. The molecule has 1 fully saturated rings. The zero-order valence-corrected chi connectivity index (χ0v) is 21.7. The van der Waals surface area contributed by atoms with Crippen LogP contribution in [0.2, 0.25) is 0 Å². The predicted octanol–water partition coefficient (Wildman–Crippen LogP) is 5.44. The lowest BCUT2D eigenvalue weighted by molar-refractivity contribution is -0.385. The Kier molecular flexibility index (Phi) is 13.9. The first-order chi connectivity index (χ1) is 16.9. The van der Waals surface area contributed by atoms with Gasteiger partial charge in [0.25, 0.3) is 11.4 Å². The fourth-order valence-electron chi connectivity index (χ4n) is 2.08. The van der Waals surface area contributed by atoms with Gasteiger partial charge in [0.2, 0.25) is 0 Å². The van der Waals surface area contributed by atoms with Gasteiger partial charge in [0.15, 0.2) is 0 Å². The fraction of sp³-hybridized carbons (Fsp3) is 0.333. The number of aliphatic hydroxyl groups excluding tert-OH is 2. The Bertz CT molecular complexity index is 1050. The van der Waals surface area contributed by atoms with Gasteiger partial charge in [-0.05, 0) is 37.1 Å². The van der Waals surface area contributed by atoms with Crippen molar-refractivity contribution in [2.24, 2.45) is 0 Å². The lowest BCUT2D eigenvalue weighted by Gasteiger charge is -2.21. The SMILES string of the molecule is O=[N+]([O-])c1ccc(OP(=O)(Cl)Cl)cc1.O=[N+]([O-])c1ccc(OP2(=O)OCCCO2)cc1.OCCCO. The van der Waals surface area contributed by atoms with Crippen LogP contribution in [0, 0.1) is 20.2 Å². The molecule has 14 nitrogen and oxygen atoms in total. The summed E-state index contributed by atoms with van der Waals surface area (Å²) >= 11 is 10.3. The summed E-state index contributed by atoms with van der Waals surface area (Å²) in [6.07, 6.45) is -2.49. The second-order valence-corrected chi connectivity index (χ2v) is 12.2. The molecule has 36 heavy (non-hydrogen) atoms. The van der Waals surface area contributed by atoms with Gasteiger partial charge in [-0.1, -0.05) is 0 Å². The highest BCUT2D eigenvalue weighted by Gasteiger charge is 2.31. The Morgan fingerprint density at radius 1 is 0.889 bits per heavy atom. The van der Waals surface area contributed by atoms with E-state index in [1.807, 2.05) is 0 Å². The Balaban J connectivity index is 0.000000308. The van der Waals surface area contributed by atoms with E-state index in [4.69, 9.17) is 46.3 Å². The van der Waals surface area contributed by atoms with Gasteiger partial charge in [0.1, 0.15) is 11.5 Å². The Morgan fingerprint density at radius 3 is 1.64 bits per heavy atom. The summed E-state index contributed by atoms with van der Waals surface area (Å²) in [5, 5.41) is 36.5. The number of halogens is 2. The predicted molar refractivity (Wildman–Crippen MR) is 130 cm³/mol. The van der Waals surface area contributed by atoms with E-state index in [1.54, 1.807) is 0 Å². The summed E-state index contributed by atoms with van der Waals surface area (Å²) in [6.45, 7) is 0.807. The van der Waals surface area contributed by atoms with Crippen LogP contribution < -0.4 is 9.05 Å². The van der Waals surface area contributed by atoms with Crippen molar-refractivity contribution in [3.63, 3.8) is 0 Å². The largest absolute Gasteiger partial charge is 0.530 e. The van der Waals surface area contributed by atoms with Gasteiger partial charge < -0.3 is 19.3 Å². The molecule has 18 heteroatoms. The molecular weight excluding hydrogens is 569 g/mol. The zero-order chi connectivity index (χ0) is 27.2. The van der Waals surface area contributed by atoms with Crippen molar-refractivity contribution in [1.29, 1.82) is 0 Å². The molecule has 1 heterocycles. The van der Waals surface area contributed by atoms with Crippen molar-refractivity contribution in [3.05, 3.63) is 68.8 Å². The number of aliphatic hydroxyl groups is 2. The minimum atomic E-state index is -3.65. The van der Waals surface area contributed by atoms with Gasteiger partial charge in [-0.2, -0.15) is 0 Å². The molecule has 0 aromatic heterocycles. The van der Waals surface area contributed by atoms with Gasteiger partial charge in [-0.3, -0.25) is 29.3 Å². The maximum atomic E-state index is 11.8. The van der Waals surface area contributed by atoms with Gasteiger partial charge in [-0.25, -0.2) is 9.13 Å². The van der Waals surface area contributed by atoms with Crippen molar-refractivity contribution in [2.45, 2.75) is 12.8 Å². The number of rotatable bonds is 8. The standard InChI is InChI=1S/C9H10NO6P.C6H4Cl2NO4P.C3H8O2/c11-10(12)8-2-4-9(5-3-8)16-17(13)14-6-1-7-15-17;7-14(8,12)13-6-3-1-5(2-4-6)9(10)11;4-2-1-3-5/h2-5H,1,6-7H2;1-4H;4-5H,1-3H2. The highest BCUT2D eigenvalue weighted by Crippen LogP contribution is 2.57. The molecule has 3 rings (SSSR count). The molecule has 1 aliphatic rings. The normalized spacial score (nSPS) is 14.2. The van der Waals surface area contributed by atoms with Crippen LogP contribution in [-0.4, -0.2) is 46.5 Å². The van der Waals surface area contributed by atoms with Crippen molar-refractivity contribution in [2.75, 3.05) is 26.4 Å². The molecule has 0 amide bonds. The first kappa shape index (κ1) is 31.7. The highest BCUT2D eigenvalue weighted by atomic mass is 35.9. The summed E-state index contributed by atoms with van der Waals surface area (Å²) in [4.78, 5) is 19.6. The quantitative estimate of drug-likeness (QED) is 0.224. The molecule has 1 saturated heterocycles. The van der Waals surface area contributed by atoms with Crippen molar-refractivity contribution in [3.8, 4) is 11.5 Å². The molecule has 2 aromatic carbocycles. The van der Waals surface area contributed by atoms with Crippen LogP contribution in [0.25, 0.3) is 0 Å². The average Bonchev–Trinajstić information content (AvgIpc) is 2.80. The molecule has 1 aliphatic heterocycles. The maximum Gasteiger partial charge on any atom is 0.530 e. The minimum Gasteiger partial charge on any atom is -0.422 e. The van der Waals surface area contributed by atoms with E-state index in [9.17, 15) is 29.4 Å². The monoisotopic (exact) mass is 590 g/mol. The topological polar surface area (TPSA) is 198 Å². The molecular formula is C18H22Cl2N2O12P2. The van der Waals surface area contributed by atoms with Crippen LogP contribution in [-0.2, 0) is 18.2 Å². The zero-order valence-electron chi connectivity index (χ0n) is 18.4. The fourth-order valence-corrected chi connectivity index (χ4v) is 4.19. The summed E-state index contributed by atoms with van der Waals surface area (Å²) in [5.74, 6) is 0.324. The van der Waals surface area contributed by atoms with Gasteiger partial charge >= 0.3 is 13.9 Å². The van der Waals surface area contributed by atoms with E-state index in [0.717, 1.165) is 0 Å². The number of phosphoric acid groups is 1. The molecule has 0 radical (unpaired) electrons. The molecule has 0 saturated carbocycles. The van der Waals surface area contributed by atoms with Crippen molar-refractivity contribution in [1.82, 2.24) is 0 Å². The van der Waals surface area contributed by atoms with Crippen LogP contribution in [0.15, 0.2) is 48.5 Å². The molecule has 0 unspecified atom stereocenters. The lowest BCUT2D eigenvalue weighted by atomic mass is 10.3. The number of nitro groups is 2. The molecule has 0 atom stereocenters. The first-order valence-corrected chi connectivity index (χ1v) is 14.8. The molecule has 0 bridgehead atoms. The Hall–Kier alpha value is -2.28. The number of phosphoric ester groups is 1. The van der Waals surface area contributed by atoms with E-state index >= 15 is 0 Å². The lowest BCUT2D eigenvalue weighted by Crippen LogP contribution is -2.11. The summed E-state index contributed by atoms with van der Waals surface area (Å²) in [7, 11) is -3.54. The number of hydrogen-bond donors (Lipinski definition) is 2. The van der Waals surface area contributed by atoms with Crippen LogP contribution in [0.3, 0.4) is 0 Å². The molecule has 0 spiro atoms. The van der Waals surface area contributed by atoms with E-state index < -0.39 is 23.7 Å². The average molecular weight is 591 g/mol. The second kappa shape index (κ2) is 15.7. The van der Waals surface area contributed by atoms with E-state index in [2.05, 4.69) is 4.52 Å². The second-order valence-electron chi connectivity index (χ2n) is 6.37. The van der Waals surface area contributed by atoms with Crippen molar-refractivity contribution < 1.29 is 47.3 Å². The third-order valence-corrected chi connectivity index (χ3v) is 5.90. The van der Waals surface area contributed by atoms with Crippen LogP contribution in [0.1, 0.15) is 12.8 Å². The molecule has 2 aromatic rings. The van der Waals surface area contributed by atoms with E-state index in [0.29, 0.717) is 26.1 Å². The Morgan fingerprint density at radius 2 is 1.31 bits per heavy atom. The van der Waals surface area contributed by atoms with Gasteiger partial charge in [-0.15, -0.1) is 0 Å². The number of nitrogens with zero attached hydrogens (tertiary/aromatic N) is 2. The smallest absolute Gasteiger partial charge is 0.422 e. The van der Waals surface area contributed by atoms with Gasteiger partial charge in [0.05, 0.1) is 23.1 Å². The van der Waals surface area contributed by atoms with Crippen LogP contribution >= 0.6 is 36.4 Å². The summed E-state index contributed by atoms with van der Waals surface area (Å²) in [6, 6.07) is 10.1. The third kappa shape index (κ3) is 13.1. The third-order valence-electron chi connectivity index (χ3n) is 3.63. The van der Waals surface area contributed by atoms with Crippen LogP contribution in [0.4, 0.5) is 11.4 Å². The molecule has 2 N–H and O–H groups in total. The maximum absolute atomic E-state index is 11.8. The van der Waals surface area contributed by atoms with Crippen molar-refractivity contribution >= 4 is 47.8 Å². The Labute approximate surface area is 214 Å². The summed E-state index contributed by atoms with van der Waals surface area (Å²) < 4.78 is 42.1. The minimum absolute atomic E-state index is 0.0684.